The average Bonchev–Trinajstić information content (AvgIpc) is 3.31. The number of imidazole rings is 1. The largest absolute Gasteiger partial charge is 0.443 e. The lowest BCUT2D eigenvalue weighted by atomic mass is 9.90. The Kier molecular flexibility index (Phi) is 5.96. The summed E-state index contributed by atoms with van der Waals surface area (Å²) in [7, 11) is 0. The van der Waals surface area contributed by atoms with Crippen molar-refractivity contribution in [3.63, 3.8) is 0 Å². The molecule has 9 rings (SSSR count). The van der Waals surface area contributed by atoms with Gasteiger partial charge >= 0.3 is 4.84 Å². The van der Waals surface area contributed by atoms with E-state index in [2.05, 4.69) is 48.9 Å². The molecule has 11 heteroatoms. The number of fused-ring (bicyclic) bond motifs is 2. The van der Waals surface area contributed by atoms with Crippen LogP contribution in [-0.4, -0.2) is 50.5 Å². The van der Waals surface area contributed by atoms with Crippen LogP contribution in [0.25, 0.3) is 22.4 Å². The normalized spacial score (nSPS) is 24.7. The Morgan fingerprint density at radius 1 is 1.07 bits per heavy atom. The van der Waals surface area contributed by atoms with Crippen molar-refractivity contribution in [1.82, 2.24) is 24.7 Å². The number of ether oxygens (including phenoxy) is 3. The number of H-pyrrole nitrogens is 1. The number of pyridine rings is 1. The summed E-state index contributed by atoms with van der Waals surface area (Å²) < 4.78 is 26.4. The van der Waals surface area contributed by atoms with Gasteiger partial charge in [0.15, 0.2) is 17.3 Å². The molecule has 1 spiro atoms. The lowest BCUT2D eigenvalue weighted by Gasteiger charge is -2.35. The van der Waals surface area contributed by atoms with Crippen molar-refractivity contribution >= 4 is 28.9 Å². The fourth-order valence-electron chi connectivity index (χ4n) is 7.39. The molecule has 3 aliphatic heterocycles. The Bertz CT molecular complexity index is 1990. The van der Waals surface area contributed by atoms with E-state index in [0.717, 1.165) is 97.0 Å². The summed E-state index contributed by atoms with van der Waals surface area (Å²) in [5, 5.41) is 2.84. The molecule has 6 heterocycles. The van der Waals surface area contributed by atoms with Gasteiger partial charge in [-0.15, -0.1) is 0 Å². The van der Waals surface area contributed by atoms with E-state index in [-0.39, 0.29) is 16.4 Å². The summed E-state index contributed by atoms with van der Waals surface area (Å²) in [5.74, 6) is 2.84. The Morgan fingerprint density at radius 2 is 1.93 bits per heavy atom. The van der Waals surface area contributed by atoms with E-state index in [1.807, 2.05) is 44.3 Å². The number of aromatic nitrogens is 5. The molecule has 1 aliphatic carbocycles. The summed E-state index contributed by atoms with van der Waals surface area (Å²) in [4.78, 5) is 16.8. The van der Waals surface area contributed by atoms with Crippen molar-refractivity contribution in [2.75, 3.05) is 24.6 Å². The van der Waals surface area contributed by atoms with Crippen molar-refractivity contribution in [3.8, 4) is 22.9 Å². The molecule has 4 aliphatic rings. The van der Waals surface area contributed by atoms with Crippen LogP contribution in [0.15, 0.2) is 59.3 Å². The third kappa shape index (κ3) is 4.46. The van der Waals surface area contributed by atoms with Crippen LogP contribution in [0.2, 0.25) is 0 Å². The number of aromatic amines is 1. The first-order chi connectivity index (χ1) is 21.9. The number of hydrogen-bond donors (Lipinski definition) is 1. The third-order valence-corrected chi connectivity index (χ3v) is 10.4. The van der Waals surface area contributed by atoms with Crippen LogP contribution < -0.4 is 14.4 Å². The van der Waals surface area contributed by atoms with Crippen LogP contribution in [0.3, 0.4) is 0 Å². The molecule has 230 valence electrons. The molecule has 3 aromatic heterocycles. The van der Waals surface area contributed by atoms with Crippen molar-refractivity contribution in [2.45, 2.75) is 63.9 Å². The van der Waals surface area contributed by atoms with Gasteiger partial charge in [0.05, 0.1) is 29.4 Å². The maximum atomic E-state index is 6.54. The van der Waals surface area contributed by atoms with Crippen LogP contribution in [0.5, 0.6) is 11.5 Å². The average molecular weight is 623 g/mol. The maximum absolute atomic E-state index is 6.54. The predicted molar refractivity (Wildman–Crippen MR) is 170 cm³/mol. The first-order valence-corrected chi connectivity index (χ1v) is 16.2. The Balaban J connectivity index is 0.965. The smallest absolute Gasteiger partial charge is 0.314 e. The lowest BCUT2D eigenvalue weighted by molar-refractivity contribution is -0.0716. The van der Waals surface area contributed by atoms with E-state index in [0.29, 0.717) is 11.7 Å². The second-order valence-corrected chi connectivity index (χ2v) is 13.4. The zero-order chi connectivity index (χ0) is 30.3. The van der Waals surface area contributed by atoms with Crippen molar-refractivity contribution in [2.24, 2.45) is 5.41 Å². The van der Waals surface area contributed by atoms with Gasteiger partial charge in [-0.3, -0.25) is 4.98 Å². The van der Waals surface area contributed by atoms with Gasteiger partial charge in [0, 0.05) is 44.3 Å². The van der Waals surface area contributed by atoms with Gasteiger partial charge in [-0.25, -0.2) is 10.1 Å². The molecule has 0 bridgehead atoms. The summed E-state index contributed by atoms with van der Waals surface area (Å²) in [6, 6.07) is 16.5. The summed E-state index contributed by atoms with van der Waals surface area (Å²) >= 11 is 5.09. The van der Waals surface area contributed by atoms with E-state index >= 15 is 0 Å². The van der Waals surface area contributed by atoms with Crippen LogP contribution in [-0.2, 0) is 17.1 Å². The fraction of sp³-hybridized carbons (Fsp3) is 0.412. The molecule has 45 heavy (non-hydrogen) atoms. The predicted octanol–water partition coefficient (Wildman–Crippen LogP) is 6.66. The minimum Gasteiger partial charge on any atom is -0.443 e. The number of anilines is 1. The minimum absolute atomic E-state index is 0.199. The fourth-order valence-corrected chi connectivity index (χ4v) is 7.52. The van der Waals surface area contributed by atoms with Gasteiger partial charge in [-0.2, -0.15) is 4.98 Å². The molecule has 1 N–H and O–H groups in total. The molecular weight excluding hydrogens is 588 g/mol. The van der Waals surface area contributed by atoms with Crippen LogP contribution in [0, 0.1) is 17.2 Å². The quantitative estimate of drug-likeness (QED) is 0.208. The number of para-hydroxylation sites is 1. The van der Waals surface area contributed by atoms with Gasteiger partial charge in [-0.05, 0) is 92.2 Å². The van der Waals surface area contributed by atoms with Crippen molar-refractivity contribution in [3.05, 3.63) is 76.6 Å². The van der Waals surface area contributed by atoms with Gasteiger partial charge < -0.3 is 28.2 Å². The molecule has 1 saturated carbocycles. The second kappa shape index (κ2) is 9.89. The first-order valence-electron chi connectivity index (χ1n) is 15.7. The zero-order valence-corrected chi connectivity index (χ0v) is 26.1. The number of nitrogens with zero attached hydrogens (tertiary/aromatic N) is 5. The Hall–Kier alpha value is -4.22. The van der Waals surface area contributed by atoms with Crippen molar-refractivity contribution < 1.29 is 18.7 Å². The van der Waals surface area contributed by atoms with Gasteiger partial charge in [0.25, 0.3) is 5.79 Å². The van der Waals surface area contributed by atoms with Crippen LogP contribution in [0.4, 0.5) is 5.69 Å². The minimum atomic E-state index is -0.951. The molecule has 5 aromatic rings. The van der Waals surface area contributed by atoms with E-state index in [1.165, 1.54) is 5.82 Å². The molecular formula is C34H34N6O4S. The first kappa shape index (κ1) is 27.1. The molecule has 0 radical (unpaired) electrons. The highest BCUT2D eigenvalue weighted by Crippen LogP contribution is 2.65. The van der Waals surface area contributed by atoms with Gasteiger partial charge in [0.1, 0.15) is 11.5 Å². The van der Waals surface area contributed by atoms with Crippen LogP contribution >= 0.6 is 12.2 Å². The van der Waals surface area contributed by atoms with E-state index in [4.69, 9.17) is 35.9 Å². The van der Waals surface area contributed by atoms with E-state index < -0.39 is 5.79 Å². The summed E-state index contributed by atoms with van der Waals surface area (Å²) in [5.41, 5.74) is 6.24. The number of hydrogen-bond acceptors (Lipinski definition) is 9. The summed E-state index contributed by atoms with van der Waals surface area (Å²) in [6.07, 6.45) is 6.51. The Morgan fingerprint density at radius 3 is 2.67 bits per heavy atom. The topological polar surface area (TPSA) is 103 Å². The van der Waals surface area contributed by atoms with E-state index in [1.54, 1.807) is 0 Å². The SMILES string of the molecule is Cc1ccc([C@@]2(C)Oc3cccc(N4CCC5(CC4)CC5c4nc5ccc(-c6nc(=S)o[nH]6)cc5n4C[C@@H]4CCO4)c3O2)nc1. The number of rotatable bonds is 6. The Labute approximate surface area is 265 Å². The number of piperidine rings is 1. The summed E-state index contributed by atoms with van der Waals surface area (Å²) in [6.45, 7) is 7.52. The standard InChI is InChI=1S/C34H34N6O4S/c1-20-6-9-28(35-18-20)33(2)42-27-5-3-4-25(29(27)43-33)39-13-11-34(12-14-39)17-23(34)31-36-24-8-7-21(30-37-32(45)44-38-30)16-26(24)40(31)19-22-10-15-41-22/h3-9,16,18,22-23H,10-15,17,19H2,1-2H3,(H,37,38,45)/t22-,23?,33-/m0/s1. The van der Waals surface area contributed by atoms with Crippen molar-refractivity contribution in [1.29, 1.82) is 0 Å². The van der Waals surface area contributed by atoms with Gasteiger partial charge in [0.2, 0.25) is 0 Å². The molecule has 2 aromatic carbocycles. The third-order valence-electron chi connectivity index (χ3n) is 10.2. The van der Waals surface area contributed by atoms with Gasteiger partial charge in [-0.1, -0.05) is 12.1 Å². The second-order valence-electron chi connectivity index (χ2n) is 13.1. The monoisotopic (exact) mass is 622 g/mol. The molecule has 10 nitrogen and oxygen atoms in total. The molecule has 1 unspecified atom stereocenters. The molecule has 3 atom stereocenters. The van der Waals surface area contributed by atoms with E-state index in [9.17, 15) is 0 Å². The number of benzene rings is 2. The number of aryl methyl sites for hydroxylation is 1. The molecule has 2 saturated heterocycles. The molecule has 0 amide bonds. The highest BCUT2D eigenvalue weighted by Gasteiger charge is 2.58. The maximum Gasteiger partial charge on any atom is 0.314 e. The van der Waals surface area contributed by atoms with Crippen LogP contribution in [0.1, 0.15) is 55.6 Å². The highest BCUT2D eigenvalue weighted by molar-refractivity contribution is 7.71. The lowest BCUT2D eigenvalue weighted by Crippen LogP contribution is -2.36. The molecule has 3 fully saturated rings. The zero-order valence-electron chi connectivity index (χ0n) is 25.3. The number of nitrogens with one attached hydrogen (secondary N) is 1. The highest BCUT2D eigenvalue weighted by atomic mass is 32.1.